The minimum atomic E-state index is -0.594. The third kappa shape index (κ3) is 4.29. The predicted octanol–water partition coefficient (Wildman–Crippen LogP) is 1.96. The molecule has 6 nitrogen and oxygen atoms in total. The van der Waals surface area contributed by atoms with Crippen LogP contribution in [0.15, 0.2) is 60.7 Å². The van der Waals surface area contributed by atoms with E-state index in [1.54, 1.807) is 30.3 Å². The molecule has 2 aliphatic heterocycles. The number of cyclic esters (lactones) is 2. The number of phenols is 1. The van der Waals surface area contributed by atoms with Crippen LogP contribution in [-0.4, -0.2) is 43.2 Å². The molecular weight excluding hydrogens is 332 g/mol. The van der Waals surface area contributed by atoms with E-state index in [0.717, 1.165) is 31.9 Å². The molecule has 2 aliphatic rings. The number of ether oxygens (including phenoxy) is 1. The molecule has 0 spiro atoms. The summed E-state index contributed by atoms with van der Waals surface area (Å²) in [5.74, 6) is -0.788. The second-order valence-corrected chi connectivity index (χ2v) is 5.86. The lowest BCUT2D eigenvalue weighted by Gasteiger charge is -2.29. The van der Waals surface area contributed by atoms with Gasteiger partial charge in [0.2, 0.25) is 0 Å². The molecule has 0 bridgehead atoms. The largest absolute Gasteiger partial charge is 0.506 e. The number of carbonyl (C=O) groups excluding carboxylic acids is 2. The Morgan fingerprint density at radius 1 is 0.923 bits per heavy atom. The summed E-state index contributed by atoms with van der Waals surface area (Å²) in [5.41, 5.74) is 1.98. The van der Waals surface area contributed by atoms with E-state index in [1.165, 1.54) is 6.08 Å². The summed E-state index contributed by atoms with van der Waals surface area (Å²) < 4.78 is 4.36. The Kier molecular flexibility index (Phi) is 5.66. The van der Waals surface area contributed by atoms with E-state index >= 15 is 0 Å². The lowest BCUT2D eigenvalue weighted by molar-refractivity contribution is -0.149. The highest BCUT2D eigenvalue weighted by Crippen LogP contribution is 2.26. The quantitative estimate of drug-likeness (QED) is 0.635. The zero-order valence-corrected chi connectivity index (χ0v) is 14.2. The number of phenolic OH excluding ortho intramolecular Hbond substituents is 1. The molecule has 0 atom stereocenters. The van der Waals surface area contributed by atoms with Crippen LogP contribution < -0.4 is 10.2 Å². The highest BCUT2D eigenvalue weighted by Gasteiger charge is 2.24. The first-order valence-corrected chi connectivity index (χ1v) is 8.42. The second-order valence-electron chi connectivity index (χ2n) is 5.86. The van der Waals surface area contributed by atoms with Crippen LogP contribution in [0.3, 0.4) is 0 Å². The molecule has 4 rings (SSSR count). The number of para-hydroxylation sites is 2. The van der Waals surface area contributed by atoms with Crippen molar-refractivity contribution in [3.8, 4) is 5.75 Å². The van der Waals surface area contributed by atoms with Crippen LogP contribution in [-0.2, 0) is 14.3 Å². The van der Waals surface area contributed by atoms with Gasteiger partial charge in [-0.05, 0) is 17.7 Å². The third-order valence-corrected chi connectivity index (χ3v) is 4.10. The molecule has 0 aromatic heterocycles. The standard InChI is InChI=1S/C10H14N2O.C10H6O3/c13-10-4-2-1-3-9(10)12-7-5-11-6-8-12;11-9-6-8(10(12)13-9)7-4-2-1-3-5-7/h1-4,11,13H,5-8H2;1-6H. The van der Waals surface area contributed by atoms with Crippen molar-refractivity contribution in [1.29, 1.82) is 0 Å². The lowest BCUT2D eigenvalue weighted by atomic mass is 10.1. The van der Waals surface area contributed by atoms with Crippen molar-refractivity contribution in [2.24, 2.45) is 0 Å². The summed E-state index contributed by atoms with van der Waals surface area (Å²) in [6.07, 6.45) is 1.21. The first-order valence-electron chi connectivity index (χ1n) is 8.42. The molecule has 1 fully saturated rings. The van der Waals surface area contributed by atoms with Crippen LogP contribution in [0.25, 0.3) is 5.57 Å². The van der Waals surface area contributed by atoms with Gasteiger partial charge in [-0.25, -0.2) is 9.59 Å². The number of aromatic hydroxyl groups is 1. The van der Waals surface area contributed by atoms with E-state index in [-0.39, 0.29) is 0 Å². The van der Waals surface area contributed by atoms with Crippen molar-refractivity contribution < 1.29 is 19.4 Å². The molecule has 0 aliphatic carbocycles. The molecule has 0 amide bonds. The van der Waals surface area contributed by atoms with Crippen LogP contribution in [0.1, 0.15) is 5.56 Å². The highest BCUT2D eigenvalue weighted by atomic mass is 16.6. The average Bonchev–Trinajstić information content (AvgIpc) is 3.02. The van der Waals surface area contributed by atoms with Gasteiger partial charge in [0, 0.05) is 32.3 Å². The summed E-state index contributed by atoms with van der Waals surface area (Å²) in [6.45, 7) is 3.93. The van der Waals surface area contributed by atoms with Crippen molar-refractivity contribution in [2.75, 3.05) is 31.1 Å². The van der Waals surface area contributed by atoms with E-state index < -0.39 is 11.9 Å². The monoisotopic (exact) mass is 352 g/mol. The SMILES string of the molecule is O=C1C=C(c2ccccc2)C(=O)O1.Oc1ccccc1N1CCNCC1. The number of carbonyl (C=O) groups is 2. The fourth-order valence-electron chi connectivity index (χ4n) is 2.81. The van der Waals surface area contributed by atoms with Gasteiger partial charge in [0.25, 0.3) is 0 Å². The minimum absolute atomic E-state index is 0.325. The molecule has 134 valence electrons. The molecule has 26 heavy (non-hydrogen) atoms. The molecule has 2 N–H and O–H groups in total. The van der Waals surface area contributed by atoms with Gasteiger partial charge < -0.3 is 20.1 Å². The van der Waals surface area contributed by atoms with Gasteiger partial charge in [-0.3, -0.25) is 0 Å². The van der Waals surface area contributed by atoms with Gasteiger partial charge in [-0.1, -0.05) is 42.5 Å². The van der Waals surface area contributed by atoms with Gasteiger partial charge in [0.1, 0.15) is 5.75 Å². The Morgan fingerprint density at radius 2 is 1.58 bits per heavy atom. The molecule has 1 saturated heterocycles. The topological polar surface area (TPSA) is 78.9 Å². The van der Waals surface area contributed by atoms with Crippen LogP contribution >= 0.6 is 0 Å². The van der Waals surface area contributed by atoms with Gasteiger partial charge in [0.15, 0.2) is 0 Å². The summed E-state index contributed by atoms with van der Waals surface area (Å²) in [6, 6.07) is 16.4. The minimum Gasteiger partial charge on any atom is -0.506 e. The lowest BCUT2D eigenvalue weighted by Crippen LogP contribution is -2.43. The van der Waals surface area contributed by atoms with Crippen LogP contribution in [0.2, 0.25) is 0 Å². The highest BCUT2D eigenvalue weighted by molar-refractivity contribution is 6.28. The fourth-order valence-corrected chi connectivity index (χ4v) is 2.81. The van der Waals surface area contributed by atoms with E-state index in [4.69, 9.17) is 0 Å². The first kappa shape index (κ1) is 17.7. The van der Waals surface area contributed by atoms with Crippen molar-refractivity contribution in [1.82, 2.24) is 5.32 Å². The van der Waals surface area contributed by atoms with E-state index in [0.29, 0.717) is 16.9 Å². The third-order valence-electron chi connectivity index (χ3n) is 4.10. The van der Waals surface area contributed by atoms with E-state index in [2.05, 4.69) is 15.0 Å². The number of nitrogens with one attached hydrogen (secondary N) is 1. The smallest absolute Gasteiger partial charge is 0.346 e. The summed E-state index contributed by atoms with van der Waals surface area (Å²) in [7, 11) is 0. The normalized spacial score (nSPS) is 16.5. The van der Waals surface area contributed by atoms with Crippen LogP contribution in [0.5, 0.6) is 5.75 Å². The van der Waals surface area contributed by atoms with Crippen LogP contribution in [0, 0.1) is 0 Å². The Balaban J connectivity index is 0.000000151. The van der Waals surface area contributed by atoms with Crippen molar-refractivity contribution in [3.05, 3.63) is 66.2 Å². The van der Waals surface area contributed by atoms with Gasteiger partial charge >= 0.3 is 11.9 Å². The van der Waals surface area contributed by atoms with Crippen LogP contribution in [0.4, 0.5) is 5.69 Å². The molecule has 2 aromatic rings. The first-order chi connectivity index (χ1) is 12.6. The molecule has 6 heteroatoms. The predicted molar refractivity (Wildman–Crippen MR) is 98.7 cm³/mol. The molecule has 2 heterocycles. The molecule has 0 saturated carbocycles. The number of nitrogens with zero attached hydrogens (tertiary/aromatic N) is 1. The Morgan fingerprint density at radius 3 is 2.19 bits per heavy atom. The van der Waals surface area contributed by atoms with Crippen molar-refractivity contribution >= 4 is 23.2 Å². The Bertz CT molecular complexity index is 812. The molecule has 2 aromatic carbocycles. The maximum Gasteiger partial charge on any atom is 0.346 e. The maximum absolute atomic E-state index is 11.1. The number of rotatable bonds is 2. The fraction of sp³-hybridized carbons (Fsp3) is 0.200. The Hall–Kier alpha value is -3.12. The second kappa shape index (κ2) is 8.31. The van der Waals surface area contributed by atoms with Crippen molar-refractivity contribution in [3.63, 3.8) is 0 Å². The van der Waals surface area contributed by atoms with Gasteiger partial charge in [-0.15, -0.1) is 0 Å². The molecule has 0 unspecified atom stereocenters. The number of benzene rings is 2. The average molecular weight is 352 g/mol. The maximum atomic E-state index is 11.1. The molecule has 0 radical (unpaired) electrons. The zero-order chi connectivity index (χ0) is 18.4. The summed E-state index contributed by atoms with van der Waals surface area (Å²) >= 11 is 0. The summed E-state index contributed by atoms with van der Waals surface area (Å²) in [4.78, 5) is 24.0. The number of hydrogen-bond donors (Lipinski definition) is 2. The number of hydrogen-bond acceptors (Lipinski definition) is 6. The number of esters is 2. The van der Waals surface area contributed by atoms with E-state index in [9.17, 15) is 14.7 Å². The summed E-state index contributed by atoms with van der Waals surface area (Å²) in [5, 5.41) is 12.9. The number of anilines is 1. The van der Waals surface area contributed by atoms with E-state index in [1.807, 2.05) is 24.3 Å². The van der Waals surface area contributed by atoms with Gasteiger partial charge in [0.05, 0.1) is 11.3 Å². The molecular formula is C20H20N2O4. The Labute approximate surface area is 151 Å². The van der Waals surface area contributed by atoms with Gasteiger partial charge in [-0.2, -0.15) is 0 Å². The zero-order valence-electron chi connectivity index (χ0n) is 14.2. The number of piperazine rings is 1. The van der Waals surface area contributed by atoms with Crippen molar-refractivity contribution in [2.45, 2.75) is 0 Å².